The van der Waals surface area contributed by atoms with Gasteiger partial charge in [-0.1, -0.05) is 11.6 Å². The van der Waals surface area contributed by atoms with Gasteiger partial charge in [-0.3, -0.25) is 14.9 Å². The molecule has 0 saturated heterocycles. The van der Waals surface area contributed by atoms with Crippen LogP contribution in [0.15, 0.2) is 34.7 Å². The fraction of sp³-hybridized carbons (Fsp3) is 0. The summed E-state index contributed by atoms with van der Waals surface area (Å²) in [5, 5.41) is 21.6. The first-order valence-corrected chi connectivity index (χ1v) is 5.84. The third-order valence-corrected chi connectivity index (χ3v) is 2.77. The molecule has 8 nitrogen and oxygen atoms in total. The first kappa shape index (κ1) is 14.5. The van der Waals surface area contributed by atoms with E-state index in [-0.39, 0.29) is 22.0 Å². The summed E-state index contributed by atoms with van der Waals surface area (Å²) in [5.41, 5.74) is 0.123. The maximum atomic E-state index is 11.8. The highest BCUT2D eigenvalue weighted by Crippen LogP contribution is 2.24. The molecule has 0 bridgehead atoms. The van der Waals surface area contributed by atoms with E-state index in [1.54, 1.807) is 0 Å². The second-order valence-corrected chi connectivity index (χ2v) is 4.26. The summed E-state index contributed by atoms with van der Waals surface area (Å²) in [6.45, 7) is 0. The SMILES string of the molecule is O=C(O)c1ccc(NC(=O)c2ccc([N+](=O)[O-])o2)c(Cl)c1. The van der Waals surface area contributed by atoms with E-state index in [1.165, 1.54) is 18.2 Å². The standard InChI is InChI=1S/C12H7ClN2O6/c13-7-5-6(12(17)18)1-2-8(7)14-11(16)9-3-4-10(21-9)15(19)20/h1-5H,(H,14,16)(H,17,18). The molecule has 1 aromatic carbocycles. The number of nitrogens with one attached hydrogen (secondary N) is 1. The van der Waals surface area contributed by atoms with E-state index < -0.39 is 22.7 Å². The van der Waals surface area contributed by atoms with Crippen molar-refractivity contribution in [1.82, 2.24) is 0 Å². The van der Waals surface area contributed by atoms with Crippen molar-refractivity contribution in [3.63, 3.8) is 0 Å². The van der Waals surface area contributed by atoms with Gasteiger partial charge in [0.25, 0.3) is 5.91 Å². The first-order chi connectivity index (χ1) is 9.88. The number of furan rings is 1. The summed E-state index contributed by atoms with van der Waals surface area (Å²) in [5.74, 6) is -2.72. The molecule has 108 valence electrons. The fourth-order valence-electron chi connectivity index (χ4n) is 1.48. The normalized spacial score (nSPS) is 10.1. The number of benzene rings is 1. The van der Waals surface area contributed by atoms with Gasteiger partial charge in [-0.2, -0.15) is 0 Å². The second kappa shape index (κ2) is 5.63. The summed E-state index contributed by atoms with van der Waals surface area (Å²) < 4.78 is 4.73. The van der Waals surface area contributed by atoms with Crippen LogP contribution in [-0.4, -0.2) is 21.9 Å². The van der Waals surface area contributed by atoms with Gasteiger partial charge in [0, 0.05) is 0 Å². The number of hydrogen-bond donors (Lipinski definition) is 2. The van der Waals surface area contributed by atoms with Crippen LogP contribution in [-0.2, 0) is 0 Å². The Morgan fingerprint density at radius 3 is 2.52 bits per heavy atom. The number of rotatable bonds is 4. The van der Waals surface area contributed by atoms with Crippen molar-refractivity contribution < 1.29 is 24.0 Å². The van der Waals surface area contributed by atoms with E-state index in [9.17, 15) is 19.7 Å². The molecule has 0 radical (unpaired) electrons. The third-order valence-electron chi connectivity index (χ3n) is 2.46. The summed E-state index contributed by atoms with van der Waals surface area (Å²) in [6.07, 6.45) is 0. The predicted octanol–water partition coefficient (Wildman–Crippen LogP) is 2.79. The Kier molecular flexibility index (Phi) is 3.90. The zero-order valence-electron chi connectivity index (χ0n) is 10.2. The molecule has 0 aliphatic carbocycles. The van der Waals surface area contributed by atoms with Crippen LogP contribution in [0.2, 0.25) is 5.02 Å². The molecule has 2 N–H and O–H groups in total. The molecule has 0 aliphatic heterocycles. The molecule has 0 aliphatic rings. The summed E-state index contributed by atoms with van der Waals surface area (Å²) in [4.78, 5) is 32.3. The number of amides is 1. The maximum Gasteiger partial charge on any atom is 0.433 e. The molecule has 0 atom stereocenters. The van der Waals surface area contributed by atoms with Crippen LogP contribution in [0.25, 0.3) is 0 Å². The minimum atomic E-state index is -1.16. The van der Waals surface area contributed by atoms with Gasteiger partial charge in [0.15, 0.2) is 5.76 Å². The number of carboxylic acids is 1. The first-order valence-electron chi connectivity index (χ1n) is 5.47. The van der Waals surface area contributed by atoms with Gasteiger partial charge in [-0.05, 0) is 24.3 Å². The lowest BCUT2D eigenvalue weighted by atomic mass is 10.2. The number of carboxylic acid groups (broad SMARTS) is 1. The summed E-state index contributed by atoms with van der Waals surface area (Å²) in [6, 6.07) is 5.93. The Morgan fingerprint density at radius 1 is 1.29 bits per heavy atom. The molecule has 2 aromatic rings. The van der Waals surface area contributed by atoms with Crippen LogP contribution in [0.3, 0.4) is 0 Å². The van der Waals surface area contributed by atoms with Gasteiger partial charge in [-0.25, -0.2) is 4.79 Å². The molecule has 2 rings (SSSR count). The molecule has 21 heavy (non-hydrogen) atoms. The smallest absolute Gasteiger partial charge is 0.433 e. The molecular formula is C12H7ClN2O6. The molecular weight excluding hydrogens is 304 g/mol. The van der Waals surface area contributed by atoms with Crippen molar-refractivity contribution in [3.8, 4) is 0 Å². The fourth-order valence-corrected chi connectivity index (χ4v) is 1.71. The maximum absolute atomic E-state index is 11.8. The van der Waals surface area contributed by atoms with Crippen LogP contribution in [0.1, 0.15) is 20.9 Å². The van der Waals surface area contributed by atoms with Crippen LogP contribution < -0.4 is 5.32 Å². The van der Waals surface area contributed by atoms with E-state index in [4.69, 9.17) is 21.1 Å². The highest BCUT2D eigenvalue weighted by atomic mass is 35.5. The zero-order valence-corrected chi connectivity index (χ0v) is 11.0. The van der Waals surface area contributed by atoms with Gasteiger partial charge >= 0.3 is 11.9 Å². The average Bonchev–Trinajstić information content (AvgIpc) is 2.90. The minimum Gasteiger partial charge on any atom is -0.478 e. The van der Waals surface area contributed by atoms with E-state index in [0.29, 0.717) is 0 Å². The Morgan fingerprint density at radius 2 is 2.00 bits per heavy atom. The van der Waals surface area contributed by atoms with Crippen molar-refractivity contribution in [3.05, 3.63) is 56.8 Å². The number of halogens is 1. The van der Waals surface area contributed by atoms with Crippen molar-refractivity contribution in [2.45, 2.75) is 0 Å². The zero-order chi connectivity index (χ0) is 15.6. The summed E-state index contributed by atoms with van der Waals surface area (Å²) >= 11 is 5.84. The Balaban J connectivity index is 2.19. The summed E-state index contributed by atoms with van der Waals surface area (Å²) in [7, 11) is 0. The molecule has 0 fully saturated rings. The quantitative estimate of drug-likeness (QED) is 0.661. The predicted molar refractivity (Wildman–Crippen MR) is 71.7 cm³/mol. The van der Waals surface area contributed by atoms with Gasteiger partial charge < -0.3 is 14.8 Å². The third kappa shape index (κ3) is 3.18. The Bertz CT molecular complexity index is 739. The van der Waals surface area contributed by atoms with Gasteiger partial charge in [-0.15, -0.1) is 0 Å². The molecule has 0 spiro atoms. The molecule has 1 aromatic heterocycles. The van der Waals surface area contributed by atoms with Crippen LogP contribution in [0.4, 0.5) is 11.6 Å². The number of aromatic carboxylic acids is 1. The second-order valence-electron chi connectivity index (χ2n) is 3.85. The Labute approximate surface area is 122 Å². The topological polar surface area (TPSA) is 123 Å². The minimum absolute atomic E-state index is 0.0179. The van der Waals surface area contributed by atoms with E-state index in [2.05, 4.69) is 5.32 Å². The number of anilines is 1. The van der Waals surface area contributed by atoms with E-state index >= 15 is 0 Å². The van der Waals surface area contributed by atoms with Gasteiger partial charge in [0.1, 0.15) is 4.92 Å². The number of nitrogens with zero attached hydrogens (tertiary/aromatic N) is 1. The molecule has 1 amide bonds. The lowest BCUT2D eigenvalue weighted by Gasteiger charge is -2.06. The highest BCUT2D eigenvalue weighted by molar-refractivity contribution is 6.34. The lowest BCUT2D eigenvalue weighted by molar-refractivity contribution is -0.402. The monoisotopic (exact) mass is 310 g/mol. The number of nitro groups is 1. The van der Waals surface area contributed by atoms with Crippen molar-refractivity contribution in [1.29, 1.82) is 0 Å². The van der Waals surface area contributed by atoms with Crippen LogP contribution >= 0.6 is 11.6 Å². The van der Waals surface area contributed by atoms with Crippen LogP contribution in [0, 0.1) is 10.1 Å². The Hall–Kier alpha value is -2.87. The molecule has 0 saturated carbocycles. The lowest BCUT2D eigenvalue weighted by Crippen LogP contribution is -2.11. The van der Waals surface area contributed by atoms with Crippen molar-refractivity contribution in [2.24, 2.45) is 0 Å². The largest absolute Gasteiger partial charge is 0.478 e. The van der Waals surface area contributed by atoms with E-state index in [0.717, 1.165) is 12.1 Å². The van der Waals surface area contributed by atoms with Crippen molar-refractivity contribution >= 4 is 35.0 Å². The molecule has 9 heteroatoms. The number of carbonyl (C=O) groups excluding carboxylic acids is 1. The molecule has 1 heterocycles. The van der Waals surface area contributed by atoms with Gasteiger partial charge in [0.05, 0.1) is 22.3 Å². The van der Waals surface area contributed by atoms with Crippen molar-refractivity contribution in [2.75, 3.05) is 5.32 Å². The van der Waals surface area contributed by atoms with Crippen LogP contribution in [0.5, 0.6) is 0 Å². The highest BCUT2D eigenvalue weighted by Gasteiger charge is 2.18. The van der Waals surface area contributed by atoms with E-state index in [1.807, 2.05) is 0 Å². The number of hydrogen-bond acceptors (Lipinski definition) is 5. The van der Waals surface area contributed by atoms with Gasteiger partial charge in [0.2, 0.25) is 0 Å². The molecule has 0 unspecified atom stereocenters. The number of carbonyl (C=O) groups is 2. The average molecular weight is 311 g/mol.